The van der Waals surface area contributed by atoms with Crippen LogP contribution in [0.4, 0.5) is 0 Å². The highest BCUT2D eigenvalue weighted by atomic mass is 15.1. The monoisotopic (exact) mass is 261 g/mol. The lowest BCUT2D eigenvalue weighted by atomic mass is 9.83. The van der Waals surface area contributed by atoms with Gasteiger partial charge in [0.05, 0.1) is 12.0 Å². The molecule has 0 amide bonds. The molecule has 0 spiro atoms. The summed E-state index contributed by atoms with van der Waals surface area (Å²) in [6.07, 6.45) is 15.1. The minimum Gasteiger partial charge on any atom is -0.330 e. The zero-order chi connectivity index (χ0) is 13.1. The van der Waals surface area contributed by atoms with Crippen molar-refractivity contribution in [3.63, 3.8) is 0 Å². The largest absolute Gasteiger partial charge is 0.330 e. The summed E-state index contributed by atoms with van der Waals surface area (Å²) in [5, 5.41) is 3.61. The van der Waals surface area contributed by atoms with Crippen molar-refractivity contribution in [2.45, 2.75) is 76.9 Å². The van der Waals surface area contributed by atoms with Gasteiger partial charge in [-0.3, -0.25) is 0 Å². The quantitative estimate of drug-likeness (QED) is 0.847. The van der Waals surface area contributed by atoms with Crippen molar-refractivity contribution in [1.29, 1.82) is 0 Å². The van der Waals surface area contributed by atoms with E-state index in [2.05, 4.69) is 28.1 Å². The van der Waals surface area contributed by atoms with Crippen LogP contribution in [0.25, 0.3) is 0 Å². The summed E-state index contributed by atoms with van der Waals surface area (Å²) in [5.74, 6) is 0.984. The van der Waals surface area contributed by atoms with Gasteiger partial charge in [0.1, 0.15) is 0 Å². The van der Waals surface area contributed by atoms with Crippen LogP contribution in [-0.2, 0) is 6.54 Å². The summed E-state index contributed by atoms with van der Waals surface area (Å²) < 4.78 is 2.44. The van der Waals surface area contributed by atoms with Crippen LogP contribution in [0.1, 0.15) is 70.0 Å². The Hall–Kier alpha value is -0.830. The number of nitrogens with zero attached hydrogens (tertiary/aromatic N) is 2. The third-order valence-electron chi connectivity index (χ3n) is 4.80. The van der Waals surface area contributed by atoms with Gasteiger partial charge in [-0.1, -0.05) is 19.8 Å². The van der Waals surface area contributed by atoms with Crippen LogP contribution in [0.2, 0.25) is 0 Å². The molecule has 0 saturated heterocycles. The maximum absolute atomic E-state index is 4.37. The summed E-state index contributed by atoms with van der Waals surface area (Å²) in [6, 6.07) is 1.48. The first-order chi connectivity index (χ1) is 9.36. The molecule has 1 heterocycles. The van der Waals surface area contributed by atoms with Gasteiger partial charge in [-0.15, -0.1) is 0 Å². The topological polar surface area (TPSA) is 29.9 Å². The number of hydrogen-bond donors (Lipinski definition) is 1. The van der Waals surface area contributed by atoms with Gasteiger partial charge in [0.2, 0.25) is 0 Å². The molecule has 106 valence electrons. The Morgan fingerprint density at radius 3 is 2.68 bits per heavy atom. The van der Waals surface area contributed by atoms with E-state index < -0.39 is 0 Å². The number of nitrogens with one attached hydrogen (secondary N) is 1. The summed E-state index contributed by atoms with van der Waals surface area (Å²) >= 11 is 0. The molecule has 3 rings (SSSR count). The number of imidazole rings is 1. The van der Waals surface area contributed by atoms with Gasteiger partial charge in [-0.25, -0.2) is 4.98 Å². The molecule has 1 N–H and O–H groups in total. The van der Waals surface area contributed by atoms with Gasteiger partial charge in [0.25, 0.3) is 0 Å². The first kappa shape index (κ1) is 13.2. The Labute approximate surface area is 116 Å². The van der Waals surface area contributed by atoms with E-state index in [0.717, 1.165) is 18.5 Å². The lowest BCUT2D eigenvalue weighted by Gasteiger charge is -2.30. The van der Waals surface area contributed by atoms with E-state index in [9.17, 15) is 0 Å². The van der Waals surface area contributed by atoms with E-state index in [0.29, 0.717) is 6.04 Å². The fraction of sp³-hybridized carbons (Fsp3) is 0.812. The van der Waals surface area contributed by atoms with Crippen molar-refractivity contribution in [3.8, 4) is 0 Å². The molecular formula is C16H27N3. The smallest absolute Gasteiger partial charge is 0.0951 e. The molecule has 0 unspecified atom stereocenters. The molecule has 0 aromatic carbocycles. The van der Waals surface area contributed by atoms with Crippen molar-refractivity contribution >= 4 is 0 Å². The van der Waals surface area contributed by atoms with Crippen molar-refractivity contribution in [2.24, 2.45) is 5.92 Å². The fourth-order valence-corrected chi connectivity index (χ4v) is 3.45. The van der Waals surface area contributed by atoms with Crippen LogP contribution in [0.15, 0.2) is 12.5 Å². The first-order valence-electron chi connectivity index (χ1n) is 8.11. The van der Waals surface area contributed by atoms with E-state index in [1.54, 1.807) is 0 Å². The molecular weight excluding hydrogens is 234 g/mol. The van der Waals surface area contributed by atoms with Crippen molar-refractivity contribution in [2.75, 3.05) is 0 Å². The molecule has 0 radical (unpaired) electrons. The minimum atomic E-state index is 0.701. The lowest BCUT2D eigenvalue weighted by molar-refractivity contribution is 0.259. The molecule has 1 aromatic heterocycles. The Balaban J connectivity index is 1.55. The molecule has 0 atom stereocenters. The molecule has 3 nitrogen and oxygen atoms in total. The maximum atomic E-state index is 4.37. The van der Waals surface area contributed by atoms with E-state index in [4.69, 9.17) is 0 Å². The second-order valence-electron chi connectivity index (χ2n) is 6.41. The minimum absolute atomic E-state index is 0.701. The van der Waals surface area contributed by atoms with Gasteiger partial charge in [-0.2, -0.15) is 0 Å². The van der Waals surface area contributed by atoms with Gasteiger partial charge in [0.15, 0.2) is 0 Å². The Kier molecular flexibility index (Phi) is 4.21. The standard InChI is InChI=1S/C16H27N3/c1-2-3-13-4-8-15(9-5-13)19-12-17-10-16(19)11-18-14-6-7-14/h10,12-15,18H,2-9,11H2,1H3. The molecule has 2 saturated carbocycles. The molecule has 19 heavy (non-hydrogen) atoms. The number of aromatic nitrogens is 2. The Morgan fingerprint density at radius 1 is 1.21 bits per heavy atom. The van der Waals surface area contributed by atoms with Crippen LogP contribution in [0.3, 0.4) is 0 Å². The lowest BCUT2D eigenvalue weighted by Crippen LogP contribution is -2.22. The third-order valence-corrected chi connectivity index (χ3v) is 4.80. The second kappa shape index (κ2) is 6.08. The molecule has 0 bridgehead atoms. The molecule has 2 fully saturated rings. The maximum Gasteiger partial charge on any atom is 0.0951 e. The SMILES string of the molecule is CCCC1CCC(n2cncc2CNC2CC2)CC1. The first-order valence-corrected chi connectivity index (χ1v) is 8.11. The number of rotatable bonds is 6. The zero-order valence-electron chi connectivity index (χ0n) is 12.1. The van der Waals surface area contributed by atoms with Crippen LogP contribution < -0.4 is 5.32 Å². The Morgan fingerprint density at radius 2 is 2.00 bits per heavy atom. The van der Waals surface area contributed by atoms with Crippen molar-refractivity contribution < 1.29 is 0 Å². The zero-order valence-corrected chi connectivity index (χ0v) is 12.1. The summed E-state index contributed by atoms with van der Waals surface area (Å²) in [6.45, 7) is 3.31. The summed E-state index contributed by atoms with van der Waals surface area (Å²) in [4.78, 5) is 4.37. The fourth-order valence-electron chi connectivity index (χ4n) is 3.45. The Bertz CT molecular complexity index is 386. The average molecular weight is 261 g/mol. The van der Waals surface area contributed by atoms with Crippen LogP contribution in [0, 0.1) is 5.92 Å². The predicted molar refractivity (Wildman–Crippen MR) is 78.0 cm³/mol. The highest BCUT2D eigenvalue weighted by Crippen LogP contribution is 2.35. The van der Waals surface area contributed by atoms with Gasteiger partial charge < -0.3 is 9.88 Å². The summed E-state index contributed by atoms with van der Waals surface area (Å²) in [7, 11) is 0. The normalized spacial score (nSPS) is 27.6. The van der Waals surface area contributed by atoms with E-state index >= 15 is 0 Å². The van der Waals surface area contributed by atoms with Crippen molar-refractivity contribution in [3.05, 3.63) is 18.2 Å². The highest BCUT2D eigenvalue weighted by Gasteiger charge is 2.24. The average Bonchev–Trinajstić information content (AvgIpc) is 3.15. The second-order valence-corrected chi connectivity index (χ2v) is 6.41. The molecule has 2 aliphatic carbocycles. The van der Waals surface area contributed by atoms with Crippen LogP contribution in [-0.4, -0.2) is 15.6 Å². The molecule has 0 aliphatic heterocycles. The van der Waals surface area contributed by atoms with E-state index in [1.807, 2.05) is 6.20 Å². The van der Waals surface area contributed by atoms with E-state index in [1.165, 1.54) is 57.1 Å². The van der Waals surface area contributed by atoms with E-state index in [-0.39, 0.29) is 0 Å². The van der Waals surface area contributed by atoms with Crippen LogP contribution in [0.5, 0.6) is 0 Å². The highest BCUT2D eigenvalue weighted by molar-refractivity contribution is 5.02. The van der Waals surface area contributed by atoms with Crippen molar-refractivity contribution in [1.82, 2.24) is 14.9 Å². The number of hydrogen-bond acceptors (Lipinski definition) is 2. The van der Waals surface area contributed by atoms with Gasteiger partial charge in [-0.05, 0) is 44.4 Å². The molecule has 3 heteroatoms. The molecule has 2 aliphatic rings. The van der Waals surface area contributed by atoms with Gasteiger partial charge >= 0.3 is 0 Å². The predicted octanol–water partition coefficient (Wildman–Crippen LogP) is 3.67. The third kappa shape index (κ3) is 3.38. The van der Waals surface area contributed by atoms with Crippen LogP contribution >= 0.6 is 0 Å². The summed E-state index contributed by atoms with van der Waals surface area (Å²) in [5.41, 5.74) is 1.38. The molecule has 1 aromatic rings. The van der Waals surface area contributed by atoms with Gasteiger partial charge in [0, 0.05) is 24.8 Å².